The van der Waals surface area contributed by atoms with Crippen LogP contribution < -0.4 is 0 Å². The third-order valence-electron chi connectivity index (χ3n) is 1.56. The highest BCUT2D eigenvalue weighted by Crippen LogP contribution is 2.01. The molecular weight excluding hydrogens is 180 g/mol. The average molecular weight is 195 g/mol. The summed E-state index contributed by atoms with van der Waals surface area (Å²) in [4.78, 5) is 10.1. The predicted molar refractivity (Wildman–Crippen MR) is 47.5 cm³/mol. The summed E-state index contributed by atoms with van der Waals surface area (Å²) in [6.45, 7) is 4.77. The zero-order chi connectivity index (χ0) is 9.40. The molecule has 0 N–H and O–H groups in total. The van der Waals surface area contributed by atoms with Crippen molar-refractivity contribution >= 4 is 17.0 Å². The van der Waals surface area contributed by atoms with Gasteiger partial charge in [-0.2, -0.15) is 0 Å². The molecule has 0 aliphatic carbocycles. The van der Waals surface area contributed by atoms with Crippen LogP contribution in [-0.4, -0.2) is 24.7 Å². The molecule has 0 saturated heterocycles. The second kappa shape index (κ2) is 7.37. The highest BCUT2D eigenvalue weighted by Gasteiger charge is 2.02. The van der Waals surface area contributed by atoms with E-state index in [2.05, 4.69) is 18.6 Å². The maximum atomic E-state index is 10.1. The highest BCUT2D eigenvalue weighted by molar-refractivity contribution is 6.61. The van der Waals surface area contributed by atoms with Crippen LogP contribution in [0.15, 0.2) is 0 Å². The van der Waals surface area contributed by atoms with Gasteiger partial charge in [-0.05, 0) is 12.8 Å². The Morgan fingerprint density at radius 1 is 1.33 bits per heavy atom. The Balaban J connectivity index is 3.23. The van der Waals surface area contributed by atoms with Gasteiger partial charge in [0, 0.05) is 11.6 Å². The summed E-state index contributed by atoms with van der Waals surface area (Å²) < 4.78 is 9.84. The van der Waals surface area contributed by atoms with E-state index in [1.54, 1.807) is 0 Å². The SMILES string of the molecule is CCC(CC)OCCOC(=O)Cl. The number of ether oxygens (including phenoxy) is 2. The fraction of sp³-hybridized carbons (Fsp3) is 0.875. The van der Waals surface area contributed by atoms with E-state index in [0.717, 1.165) is 12.8 Å². The van der Waals surface area contributed by atoms with Gasteiger partial charge >= 0.3 is 5.43 Å². The molecule has 0 aliphatic heterocycles. The molecule has 0 radical (unpaired) electrons. The van der Waals surface area contributed by atoms with Crippen molar-refractivity contribution in [2.24, 2.45) is 0 Å². The summed E-state index contributed by atoms with van der Waals surface area (Å²) >= 11 is 4.94. The number of carbonyl (C=O) groups is 1. The van der Waals surface area contributed by atoms with E-state index in [4.69, 9.17) is 16.3 Å². The Morgan fingerprint density at radius 2 is 1.92 bits per heavy atom. The summed E-state index contributed by atoms with van der Waals surface area (Å²) in [6, 6.07) is 0. The minimum atomic E-state index is -0.775. The molecule has 0 aliphatic rings. The number of rotatable bonds is 6. The van der Waals surface area contributed by atoms with Crippen molar-refractivity contribution in [2.45, 2.75) is 32.8 Å². The topological polar surface area (TPSA) is 35.5 Å². The number of carbonyl (C=O) groups excluding carboxylic acids is 1. The molecule has 0 aromatic carbocycles. The van der Waals surface area contributed by atoms with Crippen LogP contribution in [0.1, 0.15) is 26.7 Å². The molecule has 0 aromatic rings. The Morgan fingerprint density at radius 3 is 2.33 bits per heavy atom. The Labute approximate surface area is 78.0 Å². The number of hydrogen-bond donors (Lipinski definition) is 0. The van der Waals surface area contributed by atoms with Gasteiger partial charge < -0.3 is 9.47 Å². The van der Waals surface area contributed by atoms with E-state index in [1.807, 2.05) is 0 Å². The lowest BCUT2D eigenvalue weighted by Gasteiger charge is -2.12. The highest BCUT2D eigenvalue weighted by atomic mass is 35.5. The van der Waals surface area contributed by atoms with Gasteiger partial charge in [0.25, 0.3) is 0 Å². The molecule has 0 bridgehead atoms. The molecule has 0 spiro atoms. The van der Waals surface area contributed by atoms with Gasteiger partial charge in [-0.25, -0.2) is 4.79 Å². The van der Waals surface area contributed by atoms with E-state index in [-0.39, 0.29) is 12.7 Å². The third kappa shape index (κ3) is 6.43. The first-order chi connectivity index (χ1) is 5.70. The van der Waals surface area contributed by atoms with Gasteiger partial charge in [0.05, 0.1) is 12.7 Å². The number of hydrogen-bond acceptors (Lipinski definition) is 3. The maximum absolute atomic E-state index is 10.1. The van der Waals surface area contributed by atoms with Crippen LogP contribution in [0.2, 0.25) is 0 Å². The summed E-state index contributed by atoms with van der Waals surface area (Å²) in [5.74, 6) is 0. The number of halogens is 1. The lowest BCUT2D eigenvalue weighted by atomic mass is 10.2. The molecule has 3 nitrogen and oxygen atoms in total. The maximum Gasteiger partial charge on any atom is 0.403 e. The standard InChI is InChI=1S/C8H15ClO3/c1-3-7(4-2)11-5-6-12-8(9)10/h7H,3-6H2,1-2H3. The molecule has 0 saturated carbocycles. The molecule has 0 heterocycles. The largest absolute Gasteiger partial charge is 0.451 e. The lowest BCUT2D eigenvalue weighted by Crippen LogP contribution is -2.14. The average Bonchev–Trinajstić information content (AvgIpc) is 2.04. The third-order valence-corrected chi connectivity index (χ3v) is 1.67. The minimum Gasteiger partial charge on any atom is -0.451 e. The monoisotopic (exact) mass is 194 g/mol. The quantitative estimate of drug-likeness (QED) is 0.482. The van der Waals surface area contributed by atoms with Crippen molar-refractivity contribution in [1.82, 2.24) is 0 Å². The summed E-state index contributed by atoms with van der Waals surface area (Å²) in [6.07, 6.45) is 2.22. The van der Waals surface area contributed by atoms with Crippen LogP contribution >= 0.6 is 11.6 Å². The molecule has 0 atom stereocenters. The van der Waals surface area contributed by atoms with E-state index < -0.39 is 5.43 Å². The predicted octanol–water partition coefficient (Wildman–Crippen LogP) is 2.57. The first-order valence-corrected chi connectivity index (χ1v) is 4.52. The van der Waals surface area contributed by atoms with Crippen LogP contribution in [0.5, 0.6) is 0 Å². The molecule has 0 unspecified atom stereocenters. The van der Waals surface area contributed by atoms with E-state index in [0.29, 0.717) is 6.61 Å². The van der Waals surface area contributed by atoms with Gasteiger partial charge in [-0.1, -0.05) is 13.8 Å². The van der Waals surface area contributed by atoms with E-state index in [9.17, 15) is 4.79 Å². The molecule has 0 rings (SSSR count). The Bertz CT molecular complexity index is 123. The van der Waals surface area contributed by atoms with Crippen molar-refractivity contribution in [2.75, 3.05) is 13.2 Å². The second-order valence-electron chi connectivity index (χ2n) is 2.40. The zero-order valence-electron chi connectivity index (χ0n) is 7.51. The fourth-order valence-corrected chi connectivity index (χ4v) is 0.938. The van der Waals surface area contributed by atoms with Crippen LogP contribution in [-0.2, 0) is 9.47 Å². The molecular formula is C8H15ClO3. The van der Waals surface area contributed by atoms with Crippen molar-refractivity contribution in [3.8, 4) is 0 Å². The normalized spacial score (nSPS) is 10.3. The van der Waals surface area contributed by atoms with Crippen molar-refractivity contribution in [1.29, 1.82) is 0 Å². The van der Waals surface area contributed by atoms with Gasteiger partial charge in [0.15, 0.2) is 0 Å². The van der Waals surface area contributed by atoms with E-state index in [1.165, 1.54) is 0 Å². The molecule has 72 valence electrons. The van der Waals surface area contributed by atoms with Crippen LogP contribution in [0, 0.1) is 0 Å². The van der Waals surface area contributed by atoms with Gasteiger partial charge in [0.2, 0.25) is 0 Å². The zero-order valence-corrected chi connectivity index (χ0v) is 8.26. The lowest BCUT2D eigenvalue weighted by molar-refractivity contribution is 0.0223. The van der Waals surface area contributed by atoms with Gasteiger partial charge in [0.1, 0.15) is 6.61 Å². The van der Waals surface area contributed by atoms with Crippen LogP contribution in [0.3, 0.4) is 0 Å². The van der Waals surface area contributed by atoms with Crippen LogP contribution in [0.4, 0.5) is 4.79 Å². The second-order valence-corrected chi connectivity index (χ2v) is 2.70. The summed E-state index contributed by atoms with van der Waals surface area (Å²) in [7, 11) is 0. The summed E-state index contributed by atoms with van der Waals surface area (Å²) in [5, 5.41) is 0. The Hall–Kier alpha value is -0.280. The van der Waals surface area contributed by atoms with Crippen LogP contribution in [0.25, 0.3) is 0 Å². The minimum absolute atomic E-state index is 0.235. The van der Waals surface area contributed by atoms with Gasteiger partial charge in [-0.3, -0.25) is 0 Å². The summed E-state index contributed by atoms with van der Waals surface area (Å²) in [5.41, 5.74) is -0.775. The van der Waals surface area contributed by atoms with Crippen molar-refractivity contribution in [3.05, 3.63) is 0 Å². The molecule has 4 heteroatoms. The van der Waals surface area contributed by atoms with Crippen molar-refractivity contribution in [3.63, 3.8) is 0 Å². The van der Waals surface area contributed by atoms with Crippen molar-refractivity contribution < 1.29 is 14.3 Å². The fourth-order valence-electron chi connectivity index (χ4n) is 0.861. The first kappa shape index (κ1) is 11.7. The van der Waals surface area contributed by atoms with E-state index >= 15 is 0 Å². The molecule has 0 fully saturated rings. The molecule has 12 heavy (non-hydrogen) atoms. The van der Waals surface area contributed by atoms with Gasteiger partial charge in [-0.15, -0.1) is 0 Å². The first-order valence-electron chi connectivity index (χ1n) is 4.14. The smallest absolute Gasteiger partial charge is 0.403 e. The molecule has 0 amide bonds. The molecule has 0 aromatic heterocycles. The Kier molecular flexibility index (Phi) is 7.20.